The molecule has 3 aromatic rings. The number of rotatable bonds is 6. The molecule has 2 aromatic carbocycles. The van der Waals surface area contributed by atoms with Crippen molar-refractivity contribution in [1.82, 2.24) is 14.9 Å². The van der Waals surface area contributed by atoms with Crippen molar-refractivity contribution in [2.75, 3.05) is 26.8 Å². The highest BCUT2D eigenvalue weighted by atomic mass is 19.1. The molecule has 1 N–H and O–H groups in total. The van der Waals surface area contributed by atoms with E-state index in [9.17, 15) is 13.6 Å². The van der Waals surface area contributed by atoms with Gasteiger partial charge in [0.05, 0.1) is 30.5 Å². The monoisotopic (exact) mass is 438 g/mol. The maximum Gasteiger partial charge on any atom is 0.299 e. The molecule has 1 saturated heterocycles. The predicted octanol–water partition coefficient (Wildman–Crippen LogP) is 2.87. The van der Waals surface area contributed by atoms with E-state index >= 15 is 0 Å². The fourth-order valence-corrected chi connectivity index (χ4v) is 3.41. The lowest BCUT2D eigenvalue weighted by Crippen LogP contribution is -2.45. The summed E-state index contributed by atoms with van der Waals surface area (Å²) in [5, 5.41) is 12.2. The Labute approximate surface area is 182 Å². The molecule has 164 valence electrons. The number of benzene rings is 2. The summed E-state index contributed by atoms with van der Waals surface area (Å²) in [5.74, 6) is -1.07. The molecule has 0 saturated carbocycles. The zero-order valence-corrected chi connectivity index (χ0v) is 17.5. The Balaban J connectivity index is 1.90. The van der Waals surface area contributed by atoms with Crippen LogP contribution in [0, 0.1) is 28.9 Å². The molecule has 0 radical (unpaired) electrons. The van der Waals surface area contributed by atoms with Crippen molar-refractivity contribution >= 4 is 0 Å². The molecule has 0 amide bonds. The van der Waals surface area contributed by atoms with E-state index < -0.39 is 17.2 Å². The molecule has 1 aliphatic rings. The second kappa shape index (κ2) is 8.77. The molecule has 1 aromatic heterocycles. The smallest absolute Gasteiger partial charge is 0.299 e. The van der Waals surface area contributed by atoms with Crippen LogP contribution in [-0.4, -0.2) is 36.4 Å². The number of halogens is 2. The van der Waals surface area contributed by atoms with Crippen molar-refractivity contribution in [3.63, 3.8) is 0 Å². The lowest BCUT2D eigenvalue weighted by molar-refractivity contribution is 0.181. The minimum Gasteiger partial charge on any atom is -0.494 e. The summed E-state index contributed by atoms with van der Waals surface area (Å²) < 4.78 is 40.8. The number of hydrogen-bond donors (Lipinski definition) is 1. The second-order valence-electron chi connectivity index (χ2n) is 7.47. The van der Waals surface area contributed by atoms with Crippen molar-refractivity contribution < 1.29 is 18.3 Å². The Morgan fingerprint density at radius 3 is 2.50 bits per heavy atom. The molecule has 0 spiro atoms. The summed E-state index contributed by atoms with van der Waals surface area (Å²) in [7, 11) is 2.85. The summed E-state index contributed by atoms with van der Waals surface area (Å²) in [6.45, 7) is 1.99. The van der Waals surface area contributed by atoms with Crippen LogP contribution in [0.5, 0.6) is 11.8 Å². The summed E-state index contributed by atoms with van der Waals surface area (Å²) in [6, 6.07) is 9.86. The lowest BCUT2D eigenvalue weighted by atomic mass is 9.99. The Morgan fingerprint density at radius 2 is 1.91 bits per heavy atom. The number of nitriles is 1. The van der Waals surface area contributed by atoms with E-state index in [-0.39, 0.29) is 39.7 Å². The third-order valence-electron chi connectivity index (χ3n) is 5.37. The van der Waals surface area contributed by atoms with E-state index in [1.165, 1.54) is 49.1 Å². The Morgan fingerprint density at radius 1 is 1.19 bits per heavy atom. The Bertz CT molecular complexity index is 1280. The number of nitrogens with one attached hydrogen (secondary N) is 1. The van der Waals surface area contributed by atoms with Gasteiger partial charge in [-0.1, -0.05) is 12.1 Å². The predicted molar refractivity (Wildman–Crippen MR) is 113 cm³/mol. The van der Waals surface area contributed by atoms with E-state index in [4.69, 9.17) is 14.7 Å². The van der Waals surface area contributed by atoms with Crippen LogP contribution in [0.15, 0.2) is 41.2 Å². The summed E-state index contributed by atoms with van der Waals surface area (Å²) in [6.07, 6.45) is 0. The maximum atomic E-state index is 14.4. The number of aromatic nitrogens is 2. The summed E-state index contributed by atoms with van der Waals surface area (Å²) >= 11 is 0. The van der Waals surface area contributed by atoms with Gasteiger partial charge in [0.25, 0.3) is 11.6 Å². The van der Waals surface area contributed by atoms with Gasteiger partial charge in [0.1, 0.15) is 11.9 Å². The third kappa shape index (κ3) is 3.92. The van der Waals surface area contributed by atoms with Crippen LogP contribution in [0.1, 0.15) is 5.56 Å². The van der Waals surface area contributed by atoms with Gasteiger partial charge in [0.15, 0.2) is 11.6 Å². The molecule has 9 heteroatoms. The van der Waals surface area contributed by atoms with E-state index in [2.05, 4.69) is 10.3 Å². The average Bonchev–Trinajstić information content (AvgIpc) is 2.75. The first kappa shape index (κ1) is 21.5. The normalized spacial score (nSPS) is 13.3. The van der Waals surface area contributed by atoms with Gasteiger partial charge in [-0.3, -0.25) is 9.36 Å². The van der Waals surface area contributed by atoms with E-state index in [0.717, 1.165) is 19.2 Å². The SMILES string of the molecule is COc1ccc(-c2c(-c3ccc(C#N)c(F)c3)nc(OCC3CNC3)n(C)c2=O)cc1F. The van der Waals surface area contributed by atoms with Gasteiger partial charge in [0, 0.05) is 31.6 Å². The average molecular weight is 438 g/mol. The molecular formula is C23H20F2N4O3. The van der Waals surface area contributed by atoms with Crippen molar-refractivity contribution in [1.29, 1.82) is 5.26 Å². The Hall–Kier alpha value is -3.77. The van der Waals surface area contributed by atoms with Crippen LogP contribution in [-0.2, 0) is 7.05 Å². The highest BCUT2D eigenvalue weighted by Crippen LogP contribution is 2.32. The van der Waals surface area contributed by atoms with Gasteiger partial charge in [-0.15, -0.1) is 0 Å². The number of nitrogens with zero attached hydrogens (tertiary/aromatic N) is 3. The molecule has 1 fully saturated rings. The van der Waals surface area contributed by atoms with Crippen LogP contribution in [0.2, 0.25) is 0 Å². The van der Waals surface area contributed by atoms with Crippen LogP contribution >= 0.6 is 0 Å². The van der Waals surface area contributed by atoms with Gasteiger partial charge in [0.2, 0.25) is 0 Å². The summed E-state index contributed by atoms with van der Waals surface area (Å²) in [4.78, 5) is 17.8. The molecule has 32 heavy (non-hydrogen) atoms. The van der Waals surface area contributed by atoms with Crippen molar-refractivity contribution in [3.05, 3.63) is 63.9 Å². The number of methoxy groups -OCH3 is 1. The molecule has 1 aliphatic heterocycles. The van der Waals surface area contributed by atoms with Gasteiger partial charge in [-0.25, -0.2) is 8.78 Å². The second-order valence-corrected chi connectivity index (χ2v) is 7.47. The summed E-state index contributed by atoms with van der Waals surface area (Å²) in [5.41, 5.74) is 0.111. The highest BCUT2D eigenvalue weighted by molar-refractivity contribution is 5.81. The van der Waals surface area contributed by atoms with Gasteiger partial charge < -0.3 is 14.8 Å². The third-order valence-corrected chi connectivity index (χ3v) is 5.37. The first-order valence-corrected chi connectivity index (χ1v) is 9.91. The van der Waals surface area contributed by atoms with Crippen LogP contribution in [0.4, 0.5) is 8.78 Å². The molecule has 0 bridgehead atoms. The fourth-order valence-electron chi connectivity index (χ4n) is 3.41. The zero-order valence-electron chi connectivity index (χ0n) is 17.5. The van der Waals surface area contributed by atoms with Gasteiger partial charge in [-0.05, 0) is 29.8 Å². The molecule has 2 heterocycles. The molecule has 0 atom stereocenters. The number of hydrogen-bond acceptors (Lipinski definition) is 6. The zero-order chi connectivity index (χ0) is 22.8. The first-order chi connectivity index (χ1) is 15.4. The topological polar surface area (TPSA) is 89.2 Å². The molecule has 7 nitrogen and oxygen atoms in total. The quantitative estimate of drug-likeness (QED) is 0.637. The van der Waals surface area contributed by atoms with Gasteiger partial charge in [-0.2, -0.15) is 10.2 Å². The van der Waals surface area contributed by atoms with Gasteiger partial charge >= 0.3 is 0 Å². The fraction of sp³-hybridized carbons (Fsp3) is 0.261. The van der Waals surface area contributed by atoms with Crippen molar-refractivity contribution in [2.45, 2.75) is 0 Å². The minimum absolute atomic E-state index is 0.0264. The first-order valence-electron chi connectivity index (χ1n) is 9.91. The van der Waals surface area contributed by atoms with E-state index in [0.29, 0.717) is 12.5 Å². The molecule has 4 rings (SSSR count). The van der Waals surface area contributed by atoms with Crippen LogP contribution in [0.3, 0.4) is 0 Å². The van der Waals surface area contributed by atoms with Crippen molar-refractivity contribution in [3.8, 4) is 40.2 Å². The molecule has 0 aliphatic carbocycles. The van der Waals surface area contributed by atoms with E-state index in [1.54, 1.807) is 6.07 Å². The Kier molecular flexibility index (Phi) is 5.88. The van der Waals surface area contributed by atoms with Crippen LogP contribution < -0.4 is 20.3 Å². The van der Waals surface area contributed by atoms with Crippen molar-refractivity contribution in [2.24, 2.45) is 13.0 Å². The number of ether oxygens (including phenoxy) is 2. The lowest BCUT2D eigenvalue weighted by Gasteiger charge is -2.27. The molecular weight excluding hydrogens is 418 g/mol. The minimum atomic E-state index is -0.748. The molecule has 0 unspecified atom stereocenters. The highest BCUT2D eigenvalue weighted by Gasteiger charge is 2.23. The standard InChI is InChI=1S/C23H20F2N4O3/c1-29-22(30)20(14-5-6-19(31-2)18(25)7-14)21(15-3-4-16(9-26)17(24)8-15)28-23(29)32-12-13-10-27-11-13/h3-8,13,27H,10-12H2,1-2H3. The maximum absolute atomic E-state index is 14.4. The van der Waals surface area contributed by atoms with E-state index in [1.807, 2.05) is 0 Å². The van der Waals surface area contributed by atoms with Crippen LogP contribution in [0.25, 0.3) is 22.4 Å². The largest absolute Gasteiger partial charge is 0.494 e.